The van der Waals surface area contributed by atoms with Crippen molar-refractivity contribution in [3.63, 3.8) is 0 Å². The summed E-state index contributed by atoms with van der Waals surface area (Å²) in [6.45, 7) is 8.20. The second-order valence-corrected chi connectivity index (χ2v) is 16.2. The third kappa shape index (κ3) is 6.84. The summed E-state index contributed by atoms with van der Waals surface area (Å²) in [6.07, 6.45) is 8.25. The Kier molecular flexibility index (Phi) is 9.71. The second-order valence-electron chi connectivity index (χ2n) is 16.2. The summed E-state index contributed by atoms with van der Waals surface area (Å²) < 4.78 is 49.9. The van der Waals surface area contributed by atoms with Crippen molar-refractivity contribution in [1.82, 2.24) is 49.0 Å². The molecule has 0 saturated carbocycles. The van der Waals surface area contributed by atoms with Crippen LogP contribution in [0.25, 0.3) is 117 Å². The van der Waals surface area contributed by atoms with Gasteiger partial charge in [0.05, 0.1) is 45.6 Å². The number of hydrogen-bond acceptors (Lipinski definition) is 9. The molecule has 0 atom stereocenters. The Hall–Kier alpha value is -9.99. The Balaban J connectivity index is 1.27. The molecule has 12 rings (SSSR count). The van der Waals surface area contributed by atoms with Gasteiger partial charge in [0.15, 0.2) is 29.0 Å². The van der Waals surface area contributed by atoms with E-state index in [2.05, 4.69) is 50.8 Å². The van der Waals surface area contributed by atoms with E-state index in [-0.39, 0.29) is 33.8 Å². The van der Waals surface area contributed by atoms with Gasteiger partial charge in [-0.3, -0.25) is 0 Å². The predicted molar refractivity (Wildman–Crippen MR) is 261 cm³/mol. The van der Waals surface area contributed by atoms with E-state index in [1.165, 1.54) is 12.1 Å². The Morgan fingerprint density at radius 1 is 0.443 bits per heavy atom. The zero-order chi connectivity index (χ0) is 47.5. The van der Waals surface area contributed by atoms with Crippen molar-refractivity contribution in [2.24, 2.45) is 0 Å². The van der Waals surface area contributed by atoms with Gasteiger partial charge in [0.1, 0.15) is 11.6 Å². The fourth-order valence-corrected chi connectivity index (χ4v) is 9.30. The molecular formula is C55H29F3N12. The number of fused-ring (bicyclic) bond motifs is 6. The monoisotopic (exact) mass is 914 g/mol. The van der Waals surface area contributed by atoms with Gasteiger partial charge in [-0.05, 0) is 71.8 Å². The molecule has 0 aliphatic heterocycles. The molecule has 12 aromatic rings. The minimum atomic E-state index is -4.87. The summed E-state index contributed by atoms with van der Waals surface area (Å²) in [5.74, 6) is 1.77. The summed E-state index contributed by atoms with van der Waals surface area (Å²) in [5.41, 5.74) is 4.11. The number of nitriles is 1. The molecule has 15 heteroatoms. The first kappa shape index (κ1) is 41.4. The van der Waals surface area contributed by atoms with Gasteiger partial charge in [-0.15, -0.1) is 0 Å². The number of nitrogens with zero attached hydrogens (tertiary/aromatic N) is 12. The molecule has 0 bridgehead atoms. The first-order valence-corrected chi connectivity index (χ1v) is 21.7. The first-order valence-electron chi connectivity index (χ1n) is 21.7. The molecule has 0 unspecified atom stereocenters. The van der Waals surface area contributed by atoms with Crippen LogP contribution in [0.3, 0.4) is 0 Å². The molecule has 70 heavy (non-hydrogen) atoms. The maximum Gasteiger partial charge on any atom is 0.415 e. The molecule has 12 nitrogen and oxygen atoms in total. The molecule has 0 aliphatic carbocycles. The minimum Gasteiger partial charge on any atom is -0.308 e. The molecule has 6 aromatic heterocycles. The third-order valence-electron chi connectivity index (χ3n) is 12.3. The fraction of sp³-hybridized carbons (Fsp3) is 0.0182. The molecule has 330 valence electrons. The molecule has 0 amide bonds. The predicted octanol–water partition coefficient (Wildman–Crippen LogP) is 12.8. The van der Waals surface area contributed by atoms with Crippen LogP contribution in [0.1, 0.15) is 11.1 Å². The van der Waals surface area contributed by atoms with Crippen LogP contribution in [0.15, 0.2) is 177 Å². The second kappa shape index (κ2) is 16.4. The highest BCUT2D eigenvalue weighted by Gasteiger charge is 2.35. The van der Waals surface area contributed by atoms with Crippen molar-refractivity contribution < 1.29 is 13.2 Å². The van der Waals surface area contributed by atoms with Gasteiger partial charge in [-0.2, -0.15) is 18.4 Å². The number of rotatable bonds is 7. The van der Waals surface area contributed by atoms with Gasteiger partial charge in [-0.25, -0.2) is 44.7 Å². The summed E-state index contributed by atoms with van der Waals surface area (Å²) in [4.78, 5) is 39.8. The number of hydrogen-bond donors (Lipinski definition) is 0. The van der Waals surface area contributed by atoms with Gasteiger partial charge < -0.3 is 9.13 Å². The number of halogens is 3. The Labute approximate surface area is 395 Å². The summed E-state index contributed by atoms with van der Waals surface area (Å²) in [7, 11) is 0. The van der Waals surface area contributed by atoms with E-state index in [0.717, 1.165) is 27.6 Å². The average Bonchev–Trinajstić information content (AvgIpc) is 3.92. The lowest BCUT2D eigenvalue weighted by molar-refractivity contribution is -0.137. The summed E-state index contributed by atoms with van der Waals surface area (Å²) in [6, 6.07) is 39.1. The van der Waals surface area contributed by atoms with Crippen LogP contribution in [0.5, 0.6) is 0 Å². The molecule has 6 heterocycles. The van der Waals surface area contributed by atoms with Crippen LogP contribution in [0.2, 0.25) is 0 Å². The Morgan fingerprint density at radius 2 is 0.786 bits per heavy atom. The van der Waals surface area contributed by atoms with Crippen LogP contribution in [0.4, 0.5) is 18.9 Å². The van der Waals surface area contributed by atoms with E-state index in [4.69, 9.17) is 6.57 Å². The largest absolute Gasteiger partial charge is 0.415 e. The smallest absolute Gasteiger partial charge is 0.308 e. The van der Waals surface area contributed by atoms with Crippen molar-refractivity contribution in [2.45, 2.75) is 6.18 Å². The lowest BCUT2D eigenvalue weighted by Gasteiger charge is -2.21. The fourth-order valence-electron chi connectivity index (χ4n) is 9.30. The molecule has 0 saturated heterocycles. The van der Waals surface area contributed by atoms with Crippen molar-refractivity contribution in [3.05, 3.63) is 200 Å². The molecule has 0 spiro atoms. The van der Waals surface area contributed by atoms with Gasteiger partial charge in [0.2, 0.25) is 0 Å². The maximum absolute atomic E-state index is 15.4. The highest BCUT2D eigenvalue weighted by molar-refractivity contribution is 6.13. The normalized spacial score (nSPS) is 11.6. The summed E-state index contributed by atoms with van der Waals surface area (Å²) >= 11 is 0. The molecule has 0 radical (unpaired) electrons. The summed E-state index contributed by atoms with van der Waals surface area (Å²) in [5, 5.41) is 14.9. The van der Waals surface area contributed by atoms with E-state index in [9.17, 15) is 5.26 Å². The Bertz CT molecular complexity index is 3710. The molecular weight excluding hydrogens is 886 g/mol. The van der Waals surface area contributed by atoms with Crippen molar-refractivity contribution in [2.75, 3.05) is 0 Å². The standard InChI is InChI=1S/C55H29F3N12/c1-60-43-8-2-7-42(55(56,57)58)50(43)36-29-48(69-44-25-32(51-61-17-3-18-62-51)9-13-37(44)38-14-10-33(26-45(38)69)52-63-19-4-20-64-52)41(31-59)49(30-36)70-46-27-34(53-65-21-5-22-66-53)11-15-39(46)40-16-12-35(28-47(40)70)54-67-23-6-24-68-54/h2-30H. The van der Waals surface area contributed by atoms with Crippen LogP contribution < -0.4 is 0 Å². The third-order valence-corrected chi connectivity index (χ3v) is 12.3. The number of aromatic nitrogens is 10. The van der Waals surface area contributed by atoms with Crippen LogP contribution in [0, 0.1) is 17.9 Å². The quantitative estimate of drug-likeness (QED) is 0.143. The van der Waals surface area contributed by atoms with E-state index in [0.29, 0.717) is 67.6 Å². The number of alkyl halides is 3. The lowest BCUT2D eigenvalue weighted by Crippen LogP contribution is -2.09. The SMILES string of the molecule is [C-]#[N+]c1cccc(C(F)(F)F)c1-c1cc(-n2c3cc(-c4ncccn4)ccc3c3ccc(-c4ncccn4)cc32)c(C#N)c(-n2c3cc(-c4ncccn4)ccc3c3ccc(-c4ncccn4)cc32)c1. The van der Waals surface area contributed by atoms with Crippen molar-refractivity contribution >= 4 is 49.3 Å². The van der Waals surface area contributed by atoms with Gasteiger partial charge in [0, 0.05) is 93.4 Å². The number of benzene rings is 6. The average molecular weight is 915 g/mol. The van der Waals surface area contributed by atoms with Gasteiger partial charge in [0.25, 0.3) is 0 Å². The van der Waals surface area contributed by atoms with Gasteiger partial charge in [-0.1, -0.05) is 66.7 Å². The molecule has 0 fully saturated rings. The van der Waals surface area contributed by atoms with Crippen LogP contribution >= 0.6 is 0 Å². The minimum absolute atomic E-state index is 0.0446. The Morgan fingerprint density at radius 3 is 1.09 bits per heavy atom. The topological polar surface area (TPSA) is 141 Å². The zero-order valence-corrected chi connectivity index (χ0v) is 36.2. The maximum atomic E-state index is 15.4. The first-order chi connectivity index (χ1) is 34.3. The van der Waals surface area contributed by atoms with E-state index < -0.39 is 11.7 Å². The van der Waals surface area contributed by atoms with Gasteiger partial charge >= 0.3 is 6.18 Å². The van der Waals surface area contributed by atoms with E-state index >= 15 is 13.2 Å². The van der Waals surface area contributed by atoms with Crippen LogP contribution in [-0.4, -0.2) is 49.0 Å². The van der Waals surface area contributed by atoms with E-state index in [1.807, 2.05) is 81.9 Å². The highest BCUT2D eigenvalue weighted by atomic mass is 19.4. The van der Waals surface area contributed by atoms with Crippen molar-refractivity contribution in [3.8, 4) is 74.1 Å². The lowest BCUT2D eigenvalue weighted by atomic mass is 9.94. The molecule has 0 N–H and O–H groups in total. The zero-order valence-electron chi connectivity index (χ0n) is 36.2. The van der Waals surface area contributed by atoms with Crippen LogP contribution in [-0.2, 0) is 6.18 Å². The van der Waals surface area contributed by atoms with E-state index in [1.54, 1.807) is 86.0 Å². The molecule has 0 aliphatic rings. The van der Waals surface area contributed by atoms with Crippen molar-refractivity contribution in [1.29, 1.82) is 5.26 Å². The molecule has 6 aromatic carbocycles. The highest BCUT2D eigenvalue weighted by Crippen LogP contribution is 2.47.